The molecule has 1 aliphatic carbocycles. The van der Waals surface area contributed by atoms with E-state index in [1.54, 1.807) is 37.3 Å². The molecule has 0 aromatic heterocycles. The number of carbonyl (C=O) groups excluding carboxylic acids is 2. The van der Waals surface area contributed by atoms with Crippen LogP contribution in [0, 0.1) is 6.92 Å². The Hall–Kier alpha value is -3.07. The van der Waals surface area contributed by atoms with Crippen LogP contribution >= 0.6 is 23.2 Å². The molecular weight excluding hydrogens is 593 g/mol. The lowest BCUT2D eigenvalue weighted by Crippen LogP contribution is -2.55. The Balaban J connectivity index is 1.75. The molecule has 7 nitrogen and oxygen atoms in total. The highest BCUT2D eigenvalue weighted by Crippen LogP contribution is 2.28. The SMILES string of the molecule is Cc1ccc(Cl)cc1N(CC(=O)N(Cc1ccccc1Cl)[C@@H](Cc1ccccc1)C(=O)NC1CCCCC1)S(C)(=O)=O. The van der Waals surface area contributed by atoms with Gasteiger partial charge in [-0.2, -0.15) is 0 Å². The predicted octanol–water partition coefficient (Wildman–Crippen LogP) is 6.16. The zero-order chi connectivity index (χ0) is 30.3. The highest BCUT2D eigenvalue weighted by molar-refractivity contribution is 7.92. The number of aryl methyl sites for hydroxylation is 1. The molecule has 10 heteroatoms. The second kappa shape index (κ2) is 14.4. The standard InChI is InChI=1S/C32H37Cl2N3O4S/c1-23-17-18-26(33)20-29(23)37(42(2,40)41)22-31(38)36(21-25-13-9-10-16-28(25)34)30(19-24-11-5-3-6-12-24)32(39)35-27-14-7-4-8-15-27/h3,5-6,9-13,16-18,20,27,30H,4,7-8,14-15,19,21-22H2,1-2H3,(H,35,39)/t30-/m0/s1. The maximum atomic E-state index is 14.3. The Morgan fingerprint density at radius 2 is 1.62 bits per heavy atom. The first-order chi connectivity index (χ1) is 20.0. The number of nitrogens with zero attached hydrogens (tertiary/aromatic N) is 2. The van der Waals surface area contributed by atoms with Gasteiger partial charge in [-0.25, -0.2) is 8.42 Å². The smallest absolute Gasteiger partial charge is 0.244 e. The number of carbonyl (C=O) groups is 2. The van der Waals surface area contributed by atoms with Crippen LogP contribution in [0.1, 0.15) is 48.8 Å². The number of rotatable bonds is 11. The molecule has 1 atom stereocenters. The van der Waals surface area contributed by atoms with Gasteiger partial charge in [0.15, 0.2) is 0 Å². The van der Waals surface area contributed by atoms with Crippen LogP contribution in [0.15, 0.2) is 72.8 Å². The molecule has 1 saturated carbocycles. The maximum Gasteiger partial charge on any atom is 0.244 e. The van der Waals surface area contributed by atoms with E-state index < -0.39 is 28.5 Å². The van der Waals surface area contributed by atoms with Crippen molar-refractivity contribution in [2.75, 3.05) is 17.1 Å². The average Bonchev–Trinajstić information content (AvgIpc) is 2.96. The summed E-state index contributed by atoms with van der Waals surface area (Å²) in [5.74, 6) is -0.796. The van der Waals surface area contributed by atoms with Gasteiger partial charge in [-0.15, -0.1) is 0 Å². The second-order valence-corrected chi connectivity index (χ2v) is 13.6. The van der Waals surface area contributed by atoms with Gasteiger partial charge in [0.05, 0.1) is 11.9 Å². The first-order valence-corrected chi connectivity index (χ1v) is 16.7. The number of anilines is 1. The highest BCUT2D eigenvalue weighted by Gasteiger charge is 2.34. The number of hydrogen-bond acceptors (Lipinski definition) is 4. The fourth-order valence-corrected chi connectivity index (χ4v) is 6.62. The van der Waals surface area contributed by atoms with Crippen molar-refractivity contribution < 1.29 is 18.0 Å². The first-order valence-electron chi connectivity index (χ1n) is 14.1. The van der Waals surface area contributed by atoms with E-state index in [-0.39, 0.29) is 24.9 Å². The van der Waals surface area contributed by atoms with Gasteiger partial charge in [0.1, 0.15) is 12.6 Å². The molecule has 0 spiro atoms. The maximum absolute atomic E-state index is 14.3. The van der Waals surface area contributed by atoms with E-state index in [9.17, 15) is 18.0 Å². The molecule has 224 valence electrons. The van der Waals surface area contributed by atoms with Crippen LogP contribution in [0.5, 0.6) is 0 Å². The lowest BCUT2D eigenvalue weighted by Gasteiger charge is -2.35. The highest BCUT2D eigenvalue weighted by atomic mass is 35.5. The molecule has 42 heavy (non-hydrogen) atoms. The van der Waals surface area contributed by atoms with Gasteiger partial charge in [0.2, 0.25) is 21.8 Å². The topological polar surface area (TPSA) is 86.8 Å². The summed E-state index contributed by atoms with van der Waals surface area (Å²) in [4.78, 5) is 29.7. The van der Waals surface area contributed by atoms with Crippen LogP contribution in [0.25, 0.3) is 0 Å². The Labute approximate surface area is 258 Å². The number of sulfonamides is 1. The predicted molar refractivity (Wildman–Crippen MR) is 169 cm³/mol. The number of halogens is 2. The molecule has 0 aliphatic heterocycles. The average molecular weight is 631 g/mol. The Bertz CT molecular complexity index is 1490. The summed E-state index contributed by atoms with van der Waals surface area (Å²) in [5, 5.41) is 3.99. The molecule has 2 amide bonds. The van der Waals surface area contributed by atoms with Crippen molar-refractivity contribution in [1.29, 1.82) is 0 Å². The lowest BCUT2D eigenvalue weighted by molar-refractivity contribution is -0.140. The van der Waals surface area contributed by atoms with Crippen LogP contribution in [0.4, 0.5) is 5.69 Å². The number of benzene rings is 3. The van der Waals surface area contributed by atoms with Gasteiger partial charge in [-0.1, -0.05) is 97.1 Å². The number of amides is 2. The van der Waals surface area contributed by atoms with Crippen molar-refractivity contribution in [3.8, 4) is 0 Å². The summed E-state index contributed by atoms with van der Waals surface area (Å²) in [6.45, 7) is 1.28. The zero-order valence-electron chi connectivity index (χ0n) is 23.9. The largest absolute Gasteiger partial charge is 0.352 e. The van der Waals surface area contributed by atoms with Crippen molar-refractivity contribution in [2.24, 2.45) is 0 Å². The minimum Gasteiger partial charge on any atom is -0.352 e. The monoisotopic (exact) mass is 629 g/mol. The van der Waals surface area contributed by atoms with Gasteiger partial charge < -0.3 is 10.2 Å². The van der Waals surface area contributed by atoms with Crippen molar-refractivity contribution in [3.05, 3.63) is 99.5 Å². The summed E-state index contributed by atoms with van der Waals surface area (Å²) in [6.07, 6.45) is 6.30. The van der Waals surface area contributed by atoms with E-state index in [1.165, 1.54) is 11.0 Å². The van der Waals surface area contributed by atoms with Crippen LogP contribution in [0.2, 0.25) is 10.0 Å². The lowest BCUT2D eigenvalue weighted by atomic mass is 9.94. The van der Waals surface area contributed by atoms with Crippen LogP contribution in [-0.4, -0.2) is 50.0 Å². The summed E-state index contributed by atoms with van der Waals surface area (Å²) in [6, 6.07) is 20.7. The van der Waals surface area contributed by atoms with E-state index in [0.717, 1.165) is 48.2 Å². The van der Waals surface area contributed by atoms with Crippen LogP contribution in [0.3, 0.4) is 0 Å². The minimum absolute atomic E-state index is 0.0280. The summed E-state index contributed by atoms with van der Waals surface area (Å²) in [5.41, 5.74) is 2.48. The molecular formula is C32H37Cl2N3O4S. The van der Waals surface area contributed by atoms with Crippen molar-refractivity contribution >= 4 is 50.7 Å². The molecule has 0 radical (unpaired) electrons. The third kappa shape index (κ3) is 8.49. The second-order valence-electron chi connectivity index (χ2n) is 10.9. The molecule has 3 aromatic rings. The summed E-state index contributed by atoms with van der Waals surface area (Å²) in [7, 11) is -3.89. The van der Waals surface area contributed by atoms with Gasteiger partial charge >= 0.3 is 0 Å². The Morgan fingerprint density at radius 3 is 2.29 bits per heavy atom. The van der Waals surface area contributed by atoms with E-state index in [4.69, 9.17) is 23.2 Å². The minimum atomic E-state index is -3.89. The van der Waals surface area contributed by atoms with Gasteiger partial charge in [-0.3, -0.25) is 13.9 Å². The third-order valence-electron chi connectivity index (χ3n) is 7.64. The Morgan fingerprint density at radius 1 is 0.952 bits per heavy atom. The molecule has 0 unspecified atom stereocenters. The fraction of sp³-hybridized carbons (Fsp3) is 0.375. The summed E-state index contributed by atoms with van der Waals surface area (Å²) < 4.78 is 27.1. The molecule has 0 bridgehead atoms. The van der Waals surface area contributed by atoms with Gasteiger partial charge in [0.25, 0.3) is 0 Å². The molecule has 1 fully saturated rings. The molecule has 1 N–H and O–H groups in total. The van der Waals surface area contributed by atoms with Crippen molar-refractivity contribution in [3.63, 3.8) is 0 Å². The summed E-state index contributed by atoms with van der Waals surface area (Å²) >= 11 is 12.8. The van der Waals surface area contributed by atoms with E-state index in [1.807, 2.05) is 36.4 Å². The molecule has 4 rings (SSSR count). The third-order valence-corrected chi connectivity index (χ3v) is 9.37. The molecule has 1 aliphatic rings. The molecule has 0 saturated heterocycles. The first kappa shape index (κ1) is 31.9. The zero-order valence-corrected chi connectivity index (χ0v) is 26.3. The van der Waals surface area contributed by atoms with E-state index >= 15 is 0 Å². The number of hydrogen-bond donors (Lipinski definition) is 1. The molecule has 3 aromatic carbocycles. The number of nitrogens with one attached hydrogen (secondary N) is 1. The van der Waals surface area contributed by atoms with Crippen molar-refractivity contribution in [2.45, 2.75) is 64.1 Å². The van der Waals surface area contributed by atoms with E-state index in [2.05, 4.69) is 5.32 Å². The Kier molecular flexibility index (Phi) is 10.9. The fourth-order valence-electron chi connectivity index (χ4n) is 5.35. The van der Waals surface area contributed by atoms with Crippen LogP contribution in [-0.2, 0) is 32.6 Å². The normalized spacial score (nSPS) is 14.7. The van der Waals surface area contributed by atoms with Gasteiger partial charge in [0, 0.05) is 29.1 Å². The van der Waals surface area contributed by atoms with Crippen LogP contribution < -0.4 is 9.62 Å². The van der Waals surface area contributed by atoms with Gasteiger partial charge in [-0.05, 0) is 54.7 Å². The molecule has 0 heterocycles. The quantitative estimate of drug-likeness (QED) is 0.275. The van der Waals surface area contributed by atoms with Crippen molar-refractivity contribution in [1.82, 2.24) is 10.2 Å². The van der Waals surface area contributed by atoms with E-state index in [0.29, 0.717) is 26.9 Å².